The third kappa shape index (κ3) is 4.97. The Morgan fingerprint density at radius 1 is 1.00 bits per heavy atom. The van der Waals surface area contributed by atoms with E-state index in [0.29, 0.717) is 40.6 Å². The zero-order chi connectivity index (χ0) is 25.1. The highest BCUT2D eigenvalue weighted by Gasteiger charge is 2.21. The van der Waals surface area contributed by atoms with Gasteiger partial charge in [0.1, 0.15) is 19.0 Å². The van der Waals surface area contributed by atoms with Gasteiger partial charge in [0.2, 0.25) is 0 Å². The number of nitrogens with zero attached hydrogens (tertiary/aromatic N) is 2. The predicted molar refractivity (Wildman–Crippen MR) is 137 cm³/mol. The maximum absolute atomic E-state index is 11.3. The maximum Gasteiger partial charge on any atom is 0.392 e. The summed E-state index contributed by atoms with van der Waals surface area (Å²) in [6.07, 6.45) is 1.56. The van der Waals surface area contributed by atoms with E-state index in [4.69, 9.17) is 25.5 Å². The second kappa shape index (κ2) is 10.3. The molecule has 0 atom stereocenters. The van der Waals surface area contributed by atoms with E-state index in [9.17, 15) is 9.90 Å². The molecule has 36 heavy (non-hydrogen) atoms. The molecule has 0 spiro atoms. The summed E-state index contributed by atoms with van der Waals surface area (Å²) < 4.78 is 17.3. The van der Waals surface area contributed by atoms with Crippen LogP contribution in [0.15, 0.2) is 71.1 Å². The van der Waals surface area contributed by atoms with E-state index in [1.807, 2.05) is 67.6 Å². The van der Waals surface area contributed by atoms with Crippen LogP contribution in [0, 0.1) is 0 Å². The number of carboxylic acid groups (broad SMARTS) is 1. The van der Waals surface area contributed by atoms with Crippen molar-refractivity contribution in [3.05, 3.63) is 94.5 Å². The summed E-state index contributed by atoms with van der Waals surface area (Å²) in [5.74, 6) is -0.625. The van der Waals surface area contributed by atoms with E-state index in [-0.39, 0.29) is 6.61 Å². The van der Waals surface area contributed by atoms with Crippen molar-refractivity contribution in [2.75, 3.05) is 0 Å². The molecule has 5 rings (SSSR count). The smallest absolute Gasteiger partial charge is 0.392 e. The predicted octanol–water partition coefficient (Wildman–Crippen LogP) is 6.84. The summed E-state index contributed by atoms with van der Waals surface area (Å²) in [5.41, 5.74) is 4.12. The molecule has 3 aromatic carbocycles. The lowest BCUT2D eigenvalue weighted by atomic mass is 10.1. The maximum atomic E-state index is 11.3. The number of aromatic carboxylic acids is 1. The monoisotopic (exact) mass is 502 g/mol. The first-order chi connectivity index (χ1) is 17.5. The van der Waals surface area contributed by atoms with Crippen LogP contribution in [-0.4, -0.2) is 21.0 Å². The van der Waals surface area contributed by atoms with Crippen molar-refractivity contribution < 1.29 is 23.8 Å². The van der Waals surface area contributed by atoms with E-state index >= 15 is 0 Å². The minimum absolute atomic E-state index is 0.214. The lowest BCUT2D eigenvalue weighted by Crippen LogP contribution is -2.00. The largest absolute Gasteiger partial charge is 0.487 e. The van der Waals surface area contributed by atoms with E-state index in [2.05, 4.69) is 9.97 Å². The third-order valence-corrected chi connectivity index (χ3v) is 6.12. The summed E-state index contributed by atoms with van der Waals surface area (Å²) in [6, 6.07) is 21.2. The van der Waals surface area contributed by atoms with Crippen LogP contribution >= 0.6 is 11.6 Å². The molecule has 8 heteroatoms. The minimum atomic E-state index is -1.25. The Bertz CT molecular complexity index is 1550. The molecular weight excluding hydrogens is 480 g/mol. The van der Waals surface area contributed by atoms with Gasteiger partial charge in [0.05, 0.1) is 16.2 Å². The first kappa shape index (κ1) is 23.6. The number of hydrogen-bond acceptors (Lipinski definition) is 6. The molecule has 0 unspecified atom stereocenters. The molecule has 0 saturated carbocycles. The molecule has 0 aliphatic rings. The zero-order valence-corrected chi connectivity index (χ0v) is 20.3. The number of carbonyl (C=O) groups is 1. The Balaban J connectivity index is 1.29. The molecule has 0 saturated heterocycles. The number of hydrogen-bond donors (Lipinski definition) is 1. The number of benzene rings is 3. The molecule has 2 heterocycles. The van der Waals surface area contributed by atoms with Crippen LogP contribution in [0.2, 0.25) is 5.02 Å². The molecule has 2 aromatic heterocycles. The van der Waals surface area contributed by atoms with Crippen molar-refractivity contribution in [3.63, 3.8) is 0 Å². The van der Waals surface area contributed by atoms with Crippen LogP contribution in [0.3, 0.4) is 0 Å². The molecule has 0 fully saturated rings. The van der Waals surface area contributed by atoms with E-state index in [1.54, 1.807) is 6.07 Å². The number of aromatic nitrogens is 2. The Hall–Kier alpha value is -4.10. The lowest BCUT2D eigenvalue weighted by Gasteiger charge is -2.12. The average molecular weight is 503 g/mol. The molecule has 0 bridgehead atoms. The Morgan fingerprint density at radius 2 is 1.81 bits per heavy atom. The fourth-order valence-corrected chi connectivity index (χ4v) is 4.21. The van der Waals surface area contributed by atoms with Gasteiger partial charge < -0.3 is 19.0 Å². The van der Waals surface area contributed by atoms with Gasteiger partial charge in [-0.15, -0.1) is 0 Å². The van der Waals surface area contributed by atoms with Gasteiger partial charge in [0.25, 0.3) is 0 Å². The highest BCUT2D eigenvalue weighted by atomic mass is 35.5. The van der Waals surface area contributed by atoms with Gasteiger partial charge in [0.15, 0.2) is 16.8 Å². The van der Waals surface area contributed by atoms with E-state index in [1.165, 1.54) is 0 Å². The zero-order valence-electron chi connectivity index (χ0n) is 19.5. The minimum Gasteiger partial charge on any atom is -0.487 e. The van der Waals surface area contributed by atoms with Crippen LogP contribution in [0.5, 0.6) is 11.5 Å². The summed E-state index contributed by atoms with van der Waals surface area (Å²) in [5, 5.41) is 10.8. The summed E-state index contributed by atoms with van der Waals surface area (Å²) >= 11 is 6.60. The summed E-state index contributed by atoms with van der Waals surface area (Å²) in [7, 11) is 0. The van der Waals surface area contributed by atoms with Crippen LogP contribution in [0.25, 0.3) is 22.0 Å². The van der Waals surface area contributed by atoms with E-state index < -0.39 is 11.9 Å². The molecule has 7 nitrogen and oxygen atoms in total. The molecule has 182 valence electrons. The standard InChI is InChI=1S/C28H23ClN2O5/c1-2-5-19-14-23-25(31-27(36-23)28(32)33)26(24(19)29)35-15-17-8-12-21(13-9-17)34-16-20-11-10-18-6-3-4-7-22(18)30-20/h3-4,6-14H,2,5,15-16H2,1H3,(H,32,33). The summed E-state index contributed by atoms with van der Waals surface area (Å²) in [4.78, 5) is 20.0. The van der Waals surface area contributed by atoms with Crippen molar-refractivity contribution in [1.82, 2.24) is 9.97 Å². The average Bonchev–Trinajstić information content (AvgIpc) is 3.32. The van der Waals surface area contributed by atoms with Crippen molar-refractivity contribution in [2.45, 2.75) is 33.0 Å². The van der Waals surface area contributed by atoms with Gasteiger partial charge in [-0.05, 0) is 47.9 Å². The number of oxazole rings is 1. The number of pyridine rings is 1. The molecule has 0 amide bonds. The molecule has 0 radical (unpaired) electrons. The van der Waals surface area contributed by atoms with Crippen molar-refractivity contribution >= 4 is 39.6 Å². The highest BCUT2D eigenvalue weighted by Crippen LogP contribution is 2.38. The fraction of sp³-hybridized carbons (Fsp3) is 0.179. The Morgan fingerprint density at radius 3 is 2.58 bits per heavy atom. The van der Waals surface area contributed by atoms with Gasteiger partial charge in [-0.1, -0.05) is 61.3 Å². The van der Waals surface area contributed by atoms with Gasteiger partial charge in [-0.2, -0.15) is 4.98 Å². The van der Waals surface area contributed by atoms with Crippen LogP contribution < -0.4 is 9.47 Å². The number of ether oxygens (including phenoxy) is 2. The van der Waals surface area contributed by atoms with E-state index in [0.717, 1.165) is 34.1 Å². The van der Waals surface area contributed by atoms with Crippen LogP contribution in [-0.2, 0) is 19.6 Å². The topological polar surface area (TPSA) is 94.7 Å². The number of para-hydroxylation sites is 1. The normalized spacial score (nSPS) is 11.2. The molecular formula is C28H23ClN2O5. The Labute approximate surface area is 212 Å². The van der Waals surface area contributed by atoms with Gasteiger partial charge in [0, 0.05) is 5.39 Å². The number of aryl methyl sites for hydroxylation is 1. The van der Waals surface area contributed by atoms with Crippen LogP contribution in [0.4, 0.5) is 0 Å². The SMILES string of the molecule is CCCc1cc2oc(C(=O)O)nc2c(OCc2ccc(OCc3ccc4ccccc4n3)cc2)c1Cl. The first-order valence-electron chi connectivity index (χ1n) is 11.6. The quantitative estimate of drug-likeness (QED) is 0.236. The van der Waals surface area contributed by atoms with Gasteiger partial charge in [-0.25, -0.2) is 9.78 Å². The highest BCUT2D eigenvalue weighted by molar-refractivity contribution is 6.34. The molecule has 5 aromatic rings. The van der Waals surface area contributed by atoms with Crippen molar-refractivity contribution in [1.29, 1.82) is 0 Å². The molecule has 1 N–H and O–H groups in total. The van der Waals surface area contributed by atoms with Crippen LogP contribution in [0.1, 0.15) is 40.9 Å². The third-order valence-electron chi connectivity index (χ3n) is 5.71. The molecule has 0 aliphatic heterocycles. The number of carboxylic acids is 1. The van der Waals surface area contributed by atoms with Crippen molar-refractivity contribution in [2.24, 2.45) is 0 Å². The number of fused-ring (bicyclic) bond motifs is 2. The summed E-state index contributed by atoms with van der Waals surface area (Å²) in [6.45, 7) is 2.60. The number of halogens is 1. The molecule has 0 aliphatic carbocycles. The second-order valence-electron chi connectivity index (χ2n) is 8.32. The number of rotatable bonds is 9. The fourth-order valence-electron chi connectivity index (χ4n) is 3.92. The first-order valence-corrected chi connectivity index (χ1v) is 11.9. The second-order valence-corrected chi connectivity index (χ2v) is 8.69. The van der Waals surface area contributed by atoms with Crippen molar-refractivity contribution in [3.8, 4) is 11.5 Å². The van der Waals surface area contributed by atoms with Gasteiger partial charge >= 0.3 is 11.9 Å². The van der Waals surface area contributed by atoms with Gasteiger partial charge in [-0.3, -0.25) is 0 Å². The lowest BCUT2D eigenvalue weighted by molar-refractivity contribution is 0.0656. The Kier molecular flexibility index (Phi) is 6.73.